The predicted octanol–water partition coefficient (Wildman–Crippen LogP) is 2.34. The number of aromatic amines is 1. The molecule has 1 aliphatic rings. The van der Waals surface area contributed by atoms with Crippen LogP contribution >= 0.6 is 0 Å². The van der Waals surface area contributed by atoms with Gasteiger partial charge in [-0.2, -0.15) is 18.3 Å². The normalized spacial score (nSPS) is 18.1. The van der Waals surface area contributed by atoms with Gasteiger partial charge in [-0.1, -0.05) is 12.1 Å². The molecule has 1 fully saturated rings. The Hall–Kier alpha value is -2.68. The van der Waals surface area contributed by atoms with Crippen LogP contribution in [-0.2, 0) is 6.18 Å². The summed E-state index contributed by atoms with van der Waals surface area (Å²) in [6, 6.07) is 4.72. The van der Waals surface area contributed by atoms with Crippen LogP contribution in [0.3, 0.4) is 0 Å². The minimum absolute atomic E-state index is 0.0102. The Kier molecular flexibility index (Phi) is 3.60. The van der Waals surface area contributed by atoms with Crippen molar-refractivity contribution in [3.63, 3.8) is 0 Å². The zero-order valence-electron chi connectivity index (χ0n) is 13.0. The highest BCUT2D eigenvalue weighted by Gasteiger charge is 2.30. The lowest BCUT2D eigenvalue weighted by molar-refractivity contribution is -0.137. The van der Waals surface area contributed by atoms with Gasteiger partial charge in [0, 0.05) is 12.1 Å². The van der Waals surface area contributed by atoms with E-state index in [9.17, 15) is 18.0 Å². The largest absolute Gasteiger partial charge is 0.416 e. The quantitative estimate of drug-likeness (QED) is 0.745. The van der Waals surface area contributed by atoms with E-state index >= 15 is 0 Å². The maximum absolute atomic E-state index is 12.8. The summed E-state index contributed by atoms with van der Waals surface area (Å²) < 4.78 is 39.9. The molecule has 1 aliphatic heterocycles. The molecule has 3 heterocycles. The van der Waals surface area contributed by atoms with Crippen molar-refractivity contribution in [3.8, 4) is 11.3 Å². The first-order valence-corrected chi connectivity index (χ1v) is 7.79. The van der Waals surface area contributed by atoms with E-state index in [1.54, 1.807) is 4.68 Å². The summed E-state index contributed by atoms with van der Waals surface area (Å²) in [6.07, 6.45) is -2.31. The van der Waals surface area contributed by atoms with Crippen molar-refractivity contribution in [2.24, 2.45) is 0 Å². The summed E-state index contributed by atoms with van der Waals surface area (Å²) in [5.41, 5.74) is 0.567. The number of hydrogen-bond donors (Lipinski definition) is 2. The van der Waals surface area contributed by atoms with E-state index in [1.165, 1.54) is 18.5 Å². The molecule has 0 bridgehead atoms. The Balaban J connectivity index is 1.87. The zero-order valence-corrected chi connectivity index (χ0v) is 13.0. The summed E-state index contributed by atoms with van der Waals surface area (Å²) in [5, 5.41) is 7.72. The van der Waals surface area contributed by atoms with Crippen molar-refractivity contribution >= 4 is 11.0 Å². The Labute approximate surface area is 139 Å². The van der Waals surface area contributed by atoms with Gasteiger partial charge in [0.2, 0.25) is 0 Å². The van der Waals surface area contributed by atoms with Gasteiger partial charge in [0.1, 0.15) is 11.2 Å². The van der Waals surface area contributed by atoms with Gasteiger partial charge < -0.3 is 10.3 Å². The van der Waals surface area contributed by atoms with Gasteiger partial charge in [0.25, 0.3) is 5.56 Å². The Morgan fingerprint density at radius 3 is 2.60 bits per heavy atom. The third-order valence-corrected chi connectivity index (χ3v) is 4.36. The molecule has 3 aromatic rings. The minimum Gasteiger partial charge on any atom is -0.315 e. The fraction of sp³-hybridized carbons (Fsp3) is 0.312. The first-order chi connectivity index (χ1) is 11.9. The van der Waals surface area contributed by atoms with Crippen LogP contribution in [0.15, 0.2) is 35.4 Å². The molecule has 1 saturated heterocycles. The van der Waals surface area contributed by atoms with E-state index in [-0.39, 0.29) is 11.6 Å². The number of nitrogens with one attached hydrogen (secondary N) is 2. The van der Waals surface area contributed by atoms with E-state index in [2.05, 4.69) is 20.4 Å². The zero-order chi connectivity index (χ0) is 17.6. The number of H-pyrrole nitrogens is 1. The second-order valence-electron chi connectivity index (χ2n) is 5.94. The van der Waals surface area contributed by atoms with Gasteiger partial charge in [-0.25, -0.2) is 4.98 Å². The van der Waals surface area contributed by atoms with Gasteiger partial charge in [-0.3, -0.25) is 9.48 Å². The van der Waals surface area contributed by atoms with Crippen molar-refractivity contribution in [2.45, 2.75) is 18.6 Å². The summed E-state index contributed by atoms with van der Waals surface area (Å²) in [7, 11) is 0. The van der Waals surface area contributed by atoms with Gasteiger partial charge in [0.05, 0.1) is 17.9 Å². The molecular weight excluding hydrogens is 335 g/mol. The van der Waals surface area contributed by atoms with Gasteiger partial charge in [-0.05, 0) is 25.1 Å². The Morgan fingerprint density at radius 1 is 1.20 bits per heavy atom. The summed E-state index contributed by atoms with van der Waals surface area (Å²) in [6.45, 7) is 1.50. The van der Waals surface area contributed by atoms with Crippen molar-refractivity contribution in [2.75, 3.05) is 13.1 Å². The lowest BCUT2D eigenvalue weighted by Crippen LogP contribution is -2.18. The molecule has 1 aromatic carbocycles. The van der Waals surface area contributed by atoms with Crippen LogP contribution in [0.5, 0.6) is 0 Å². The van der Waals surface area contributed by atoms with Gasteiger partial charge in [0.15, 0.2) is 5.52 Å². The molecule has 1 unspecified atom stereocenters. The van der Waals surface area contributed by atoms with E-state index in [0.29, 0.717) is 28.8 Å². The summed E-state index contributed by atoms with van der Waals surface area (Å²) in [5.74, 6) is 0. The third-order valence-electron chi connectivity index (χ3n) is 4.36. The molecule has 0 aliphatic carbocycles. The van der Waals surface area contributed by atoms with Crippen LogP contribution < -0.4 is 10.9 Å². The minimum atomic E-state index is -4.40. The number of hydrogen-bond acceptors (Lipinski definition) is 4. The SMILES string of the molecule is O=c1[nH]cnc2c(-c3ccc(C(F)(F)F)cc3)nn(C3CCNC3)c12. The summed E-state index contributed by atoms with van der Waals surface area (Å²) >= 11 is 0. The topological polar surface area (TPSA) is 75.6 Å². The Morgan fingerprint density at radius 2 is 1.96 bits per heavy atom. The standard InChI is InChI=1S/C16H14F3N5O/c17-16(18,19)10-3-1-9(2-4-10)12-13-14(15(25)22-8-21-13)24(23-12)11-5-6-20-7-11/h1-4,8,11,20H,5-7H2,(H,21,22,25). The van der Waals surface area contributed by atoms with E-state index in [1.807, 2.05) is 0 Å². The Bertz CT molecular complexity index is 968. The number of benzene rings is 1. The molecule has 6 nitrogen and oxygen atoms in total. The fourth-order valence-electron chi connectivity index (χ4n) is 3.11. The molecule has 25 heavy (non-hydrogen) atoms. The number of halogens is 3. The lowest BCUT2D eigenvalue weighted by atomic mass is 10.1. The molecular formula is C16H14F3N5O. The van der Waals surface area contributed by atoms with E-state index < -0.39 is 11.7 Å². The second-order valence-corrected chi connectivity index (χ2v) is 5.94. The summed E-state index contributed by atoms with van der Waals surface area (Å²) in [4.78, 5) is 19.0. The molecule has 1 atom stereocenters. The highest BCUT2D eigenvalue weighted by atomic mass is 19.4. The van der Waals surface area contributed by atoms with Crippen LogP contribution in [0, 0.1) is 0 Å². The van der Waals surface area contributed by atoms with Crippen LogP contribution in [0.25, 0.3) is 22.3 Å². The average Bonchev–Trinajstić information content (AvgIpc) is 3.22. The molecule has 0 saturated carbocycles. The number of alkyl halides is 3. The van der Waals surface area contributed by atoms with Crippen LogP contribution in [-0.4, -0.2) is 32.8 Å². The van der Waals surface area contributed by atoms with Crippen LogP contribution in [0.4, 0.5) is 13.2 Å². The first kappa shape index (κ1) is 15.8. The van der Waals surface area contributed by atoms with E-state index in [4.69, 9.17) is 0 Å². The first-order valence-electron chi connectivity index (χ1n) is 7.79. The fourth-order valence-corrected chi connectivity index (χ4v) is 3.11. The number of fused-ring (bicyclic) bond motifs is 1. The van der Waals surface area contributed by atoms with Crippen molar-refractivity contribution in [1.29, 1.82) is 0 Å². The molecule has 4 rings (SSSR count). The van der Waals surface area contributed by atoms with Gasteiger partial charge in [-0.15, -0.1) is 0 Å². The van der Waals surface area contributed by atoms with Crippen molar-refractivity contribution < 1.29 is 13.2 Å². The number of aromatic nitrogens is 4. The van der Waals surface area contributed by atoms with Crippen LogP contribution in [0.1, 0.15) is 18.0 Å². The van der Waals surface area contributed by atoms with E-state index in [0.717, 1.165) is 25.1 Å². The maximum Gasteiger partial charge on any atom is 0.416 e. The predicted molar refractivity (Wildman–Crippen MR) is 85.1 cm³/mol. The third kappa shape index (κ3) is 2.70. The average molecular weight is 349 g/mol. The molecule has 0 radical (unpaired) electrons. The molecule has 9 heteroatoms. The molecule has 2 N–H and O–H groups in total. The lowest BCUT2D eigenvalue weighted by Gasteiger charge is -2.09. The molecule has 2 aromatic heterocycles. The van der Waals surface area contributed by atoms with Crippen LogP contribution in [0.2, 0.25) is 0 Å². The molecule has 130 valence electrons. The molecule has 0 spiro atoms. The van der Waals surface area contributed by atoms with Crippen molar-refractivity contribution in [1.82, 2.24) is 25.1 Å². The maximum atomic E-state index is 12.8. The second kappa shape index (κ2) is 5.69. The smallest absolute Gasteiger partial charge is 0.315 e. The van der Waals surface area contributed by atoms with Crippen molar-refractivity contribution in [3.05, 3.63) is 46.5 Å². The van der Waals surface area contributed by atoms with Gasteiger partial charge >= 0.3 is 6.18 Å². The number of nitrogens with zero attached hydrogens (tertiary/aromatic N) is 3. The molecule has 0 amide bonds. The monoisotopic (exact) mass is 349 g/mol. The highest BCUT2D eigenvalue weighted by molar-refractivity contribution is 5.89. The number of rotatable bonds is 2. The highest BCUT2D eigenvalue weighted by Crippen LogP contribution is 2.32.